The van der Waals surface area contributed by atoms with Crippen LogP contribution in [0.15, 0.2) is 11.9 Å². The minimum atomic E-state index is -4.99. The van der Waals surface area contributed by atoms with Crippen molar-refractivity contribution in [1.29, 1.82) is 0 Å². The predicted octanol–water partition coefficient (Wildman–Crippen LogP) is 3.24. The van der Waals surface area contributed by atoms with Gasteiger partial charge in [0.25, 0.3) is 0 Å². The zero-order valence-corrected chi connectivity index (χ0v) is 9.77. The molecule has 0 aromatic heterocycles. The fourth-order valence-corrected chi connectivity index (χ4v) is 1.92. The summed E-state index contributed by atoms with van der Waals surface area (Å²) in [7, 11) is 0. The van der Waals surface area contributed by atoms with Crippen LogP contribution in [-0.4, -0.2) is 18.8 Å². The summed E-state index contributed by atoms with van der Waals surface area (Å²) in [5.74, 6) is -4.19. The van der Waals surface area contributed by atoms with Crippen LogP contribution < -0.4 is 0 Å². The van der Waals surface area contributed by atoms with Crippen LogP contribution in [0.4, 0.5) is 17.6 Å². The van der Waals surface area contributed by atoms with Crippen molar-refractivity contribution in [2.45, 2.75) is 26.9 Å². The Morgan fingerprint density at radius 3 is 2.35 bits per heavy atom. The summed E-state index contributed by atoms with van der Waals surface area (Å²) in [6, 6.07) is 0. The maximum atomic E-state index is 12.8. The van der Waals surface area contributed by atoms with Crippen LogP contribution >= 0.6 is 0 Å². The van der Waals surface area contributed by atoms with E-state index in [9.17, 15) is 22.4 Å². The minimum Gasteiger partial charge on any atom is -0.466 e. The zero-order chi connectivity index (χ0) is 13.4. The summed E-state index contributed by atoms with van der Waals surface area (Å²) >= 11 is 0. The van der Waals surface area contributed by atoms with Crippen molar-refractivity contribution in [2.24, 2.45) is 17.3 Å². The molecule has 0 N–H and O–H groups in total. The molecule has 2 atom stereocenters. The van der Waals surface area contributed by atoms with E-state index in [2.05, 4.69) is 0 Å². The number of halogens is 4. The summed E-state index contributed by atoms with van der Waals surface area (Å²) in [4.78, 5) is 11.4. The van der Waals surface area contributed by atoms with Gasteiger partial charge in [-0.1, -0.05) is 13.8 Å². The lowest BCUT2D eigenvalue weighted by molar-refractivity contribution is -0.145. The highest BCUT2D eigenvalue weighted by Gasteiger charge is 2.62. The van der Waals surface area contributed by atoms with Gasteiger partial charge in [0.1, 0.15) is 0 Å². The van der Waals surface area contributed by atoms with Crippen LogP contribution in [0, 0.1) is 17.3 Å². The number of esters is 1. The van der Waals surface area contributed by atoms with Gasteiger partial charge in [-0.3, -0.25) is 4.79 Å². The molecule has 0 saturated heterocycles. The Bertz CT molecular complexity index is 344. The van der Waals surface area contributed by atoms with Gasteiger partial charge in [-0.15, -0.1) is 0 Å². The van der Waals surface area contributed by atoms with Crippen LogP contribution in [0.5, 0.6) is 0 Å². The van der Waals surface area contributed by atoms with Crippen molar-refractivity contribution in [2.75, 3.05) is 6.61 Å². The van der Waals surface area contributed by atoms with E-state index in [0.717, 1.165) is 0 Å². The number of ether oxygens (including phenoxy) is 1. The molecule has 0 aromatic carbocycles. The first-order valence-corrected chi connectivity index (χ1v) is 5.23. The molecule has 98 valence electrons. The monoisotopic (exact) mass is 254 g/mol. The standard InChI is InChI=1S/C11H14F4O2/c1-4-17-9(16)8-6(10(8,2)3)5-7(12)11(13,14)15/h5-6,8H,4H2,1-3H3. The molecule has 2 nitrogen and oxygen atoms in total. The van der Waals surface area contributed by atoms with Crippen molar-refractivity contribution < 1.29 is 27.1 Å². The molecule has 1 saturated carbocycles. The molecule has 6 heteroatoms. The molecule has 0 amide bonds. The quantitative estimate of drug-likeness (QED) is 0.571. The van der Waals surface area contributed by atoms with Gasteiger partial charge < -0.3 is 4.74 Å². The molecule has 1 aliphatic carbocycles. The SMILES string of the molecule is CCOC(=O)C1C(C=C(F)C(F)(F)F)C1(C)C. The van der Waals surface area contributed by atoms with Crippen molar-refractivity contribution in [1.82, 2.24) is 0 Å². The van der Waals surface area contributed by atoms with E-state index in [0.29, 0.717) is 6.08 Å². The third kappa shape index (κ3) is 2.79. The van der Waals surface area contributed by atoms with Gasteiger partial charge in [-0.2, -0.15) is 13.2 Å². The van der Waals surface area contributed by atoms with E-state index in [1.807, 2.05) is 0 Å². The van der Waals surface area contributed by atoms with Crippen molar-refractivity contribution in [3.63, 3.8) is 0 Å². The fourth-order valence-electron chi connectivity index (χ4n) is 1.92. The van der Waals surface area contributed by atoms with Gasteiger partial charge in [0.2, 0.25) is 0 Å². The second-order valence-electron chi connectivity index (χ2n) is 4.59. The second kappa shape index (κ2) is 4.31. The molecule has 0 aliphatic heterocycles. The smallest absolute Gasteiger partial charge is 0.442 e. The summed E-state index contributed by atoms with van der Waals surface area (Å²) in [5.41, 5.74) is -0.686. The van der Waals surface area contributed by atoms with Gasteiger partial charge in [-0.05, 0) is 24.3 Å². The number of allylic oxidation sites excluding steroid dienone is 2. The first kappa shape index (κ1) is 14.0. The lowest BCUT2D eigenvalue weighted by atomic mass is 10.1. The van der Waals surface area contributed by atoms with Crippen LogP contribution in [0.25, 0.3) is 0 Å². The van der Waals surface area contributed by atoms with E-state index in [4.69, 9.17) is 4.74 Å². The average Bonchev–Trinajstić information content (AvgIpc) is 2.67. The topological polar surface area (TPSA) is 26.3 Å². The lowest BCUT2D eigenvalue weighted by Crippen LogP contribution is -2.10. The minimum absolute atomic E-state index is 0.156. The molecule has 2 unspecified atom stereocenters. The Morgan fingerprint density at radius 1 is 1.41 bits per heavy atom. The molecular formula is C11H14F4O2. The number of carbonyl (C=O) groups is 1. The molecule has 0 bridgehead atoms. The van der Waals surface area contributed by atoms with E-state index in [-0.39, 0.29) is 6.61 Å². The highest BCUT2D eigenvalue weighted by molar-refractivity contribution is 5.78. The van der Waals surface area contributed by atoms with Crippen molar-refractivity contribution >= 4 is 5.97 Å². The van der Waals surface area contributed by atoms with Crippen LogP contribution in [0.2, 0.25) is 0 Å². The molecule has 1 aliphatic rings. The number of hydrogen-bond donors (Lipinski definition) is 0. The molecule has 0 radical (unpaired) electrons. The average molecular weight is 254 g/mol. The maximum Gasteiger partial charge on any atom is 0.442 e. The zero-order valence-electron chi connectivity index (χ0n) is 9.77. The summed E-state index contributed by atoms with van der Waals surface area (Å²) in [6.07, 6.45) is -4.51. The molecule has 0 spiro atoms. The second-order valence-corrected chi connectivity index (χ2v) is 4.59. The Morgan fingerprint density at radius 2 is 1.94 bits per heavy atom. The van der Waals surface area contributed by atoms with Crippen molar-refractivity contribution in [3.8, 4) is 0 Å². The first-order chi connectivity index (χ1) is 7.62. The van der Waals surface area contributed by atoms with Gasteiger partial charge in [0.15, 0.2) is 5.83 Å². The molecule has 1 rings (SSSR count). The van der Waals surface area contributed by atoms with Gasteiger partial charge in [0, 0.05) is 0 Å². The number of carbonyl (C=O) groups excluding carboxylic acids is 1. The Hall–Kier alpha value is -1.07. The Balaban J connectivity index is 2.79. The van der Waals surface area contributed by atoms with Crippen LogP contribution in [0.3, 0.4) is 0 Å². The molecule has 0 aromatic rings. The highest BCUT2D eigenvalue weighted by Crippen LogP contribution is 2.60. The van der Waals surface area contributed by atoms with E-state index in [1.165, 1.54) is 0 Å². The molecule has 17 heavy (non-hydrogen) atoms. The highest BCUT2D eigenvalue weighted by atomic mass is 19.4. The molecular weight excluding hydrogens is 240 g/mol. The summed E-state index contributed by atoms with van der Waals surface area (Å²) in [5, 5.41) is 0. The maximum absolute atomic E-state index is 12.8. The van der Waals surface area contributed by atoms with Gasteiger partial charge >= 0.3 is 12.1 Å². The van der Waals surface area contributed by atoms with E-state index in [1.54, 1.807) is 20.8 Å². The fraction of sp³-hybridized carbons (Fsp3) is 0.727. The predicted molar refractivity (Wildman–Crippen MR) is 52.6 cm³/mol. The Kier molecular flexibility index (Phi) is 3.55. The largest absolute Gasteiger partial charge is 0.466 e. The van der Waals surface area contributed by atoms with Gasteiger partial charge in [0.05, 0.1) is 12.5 Å². The number of rotatable bonds is 3. The lowest BCUT2D eigenvalue weighted by Gasteiger charge is -2.02. The number of alkyl halides is 3. The van der Waals surface area contributed by atoms with Crippen LogP contribution in [0.1, 0.15) is 20.8 Å². The molecule has 0 heterocycles. The van der Waals surface area contributed by atoms with Crippen LogP contribution in [-0.2, 0) is 9.53 Å². The van der Waals surface area contributed by atoms with E-state index < -0.39 is 35.2 Å². The van der Waals surface area contributed by atoms with Crippen molar-refractivity contribution in [3.05, 3.63) is 11.9 Å². The normalized spacial score (nSPS) is 27.8. The van der Waals surface area contributed by atoms with E-state index >= 15 is 0 Å². The first-order valence-electron chi connectivity index (χ1n) is 5.23. The third-order valence-electron chi connectivity index (χ3n) is 3.05. The Labute approximate surface area is 96.6 Å². The summed E-state index contributed by atoms with van der Waals surface area (Å²) < 4.78 is 53.5. The third-order valence-corrected chi connectivity index (χ3v) is 3.05. The van der Waals surface area contributed by atoms with Gasteiger partial charge in [-0.25, -0.2) is 4.39 Å². The molecule has 1 fully saturated rings. The number of hydrogen-bond acceptors (Lipinski definition) is 2. The summed E-state index contributed by atoms with van der Waals surface area (Å²) in [6.45, 7) is 4.98.